The van der Waals surface area contributed by atoms with Crippen LogP contribution in [0.3, 0.4) is 0 Å². The maximum atomic E-state index is 12.6. The quantitative estimate of drug-likeness (QED) is 0.735. The summed E-state index contributed by atoms with van der Waals surface area (Å²) in [5, 5.41) is 0. The topological polar surface area (TPSA) is 51.2 Å². The van der Waals surface area contributed by atoms with Crippen LogP contribution in [0.25, 0.3) is 0 Å². The van der Waals surface area contributed by atoms with E-state index in [4.69, 9.17) is 14.2 Å². The van der Waals surface area contributed by atoms with E-state index in [2.05, 4.69) is 11.0 Å². The minimum Gasteiger partial charge on any atom is -0.497 e. The molecule has 0 spiro atoms. The molecular formula is C22H28N2O4. The summed E-state index contributed by atoms with van der Waals surface area (Å²) in [7, 11) is 4.94. The van der Waals surface area contributed by atoms with Crippen LogP contribution in [-0.4, -0.2) is 56.7 Å². The molecule has 1 heterocycles. The highest BCUT2D eigenvalue weighted by Crippen LogP contribution is 2.24. The molecule has 0 atom stereocenters. The molecule has 0 bridgehead atoms. The van der Waals surface area contributed by atoms with Crippen LogP contribution in [0, 0.1) is 0 Å². The number of methoxy groups -OCH3 is 3. The van der Waals surface area contributed by atoms with Crippen molar-refractivity contribution >= 4 is 5.91 Å². The number of benzene rings is 2. The third-order valence-corrected chi connectivity index (χ3v) is 5.01. The highest BCUT2D eigenvalue weighted by molar-refractivity contribution is 5.76. The van der Waals surface area contributed by atoms with Crippen molar-refractivity contribution in [1.29, 1.82) is 0 Å². The Hall–Kier alpha value is -2.73. The van der Waals surface area contributed by atoms with E-state index in [0.29, 0.717) is 19.5 Å². The van der Waals surface area contributed by atoms with Gasteiger partial charge in [-0.15, -0.1) is 0 Å². The monoisotopic (exact) mass is 384 g/mol. The van der Waals surface area contributed by atoms with Gasteiger partial charge in [-0.2, -0.15) is 0 Å². The Bertz CT molecular complexity index is 787. The van der Waals surface area contributed by atoms with Gasteiger partial charge in [0.25, 0.3) is 0 Å². The van der Waals surface area contributed by atoms with E-state index in [1.54, 1.807) is 21.3 Å². The molecule has 1 amide bonds. The fourth-order valence-corrected chi connectivity index (χ4v) is 3.44. The van der Waals surface area contributed by atoms with E-state index in [9.17, 15) is 4.79 Å². The Kier molecular flexibility index (Phi) is 6.76. The summed E-state index contributed by atoms with van der Waals surface area (Å²) < 4.78 is 16.0. The molecule has 6 heteroatoms. The van der Waals surface area contributed by atoms with Crippen molar-refractivity contribution in [2.45, 2.75) is 19.5 Å². The van der Waals surface area contributed by atoms with Crippen molar-refractivity contribution in [2.24, 2.45) is 0 Å². The molecule has 2 aromatic carbocycles. The molecule has 0 radical (unpaired) electrons. The first-order valence-corrected chi connectivity index (χ1v) is 9.46. The highest BCUT2D eigenvalue weighted by Gasteiger charge is 2.21. The Morgan fingerprint density at radius 3 is 2.14 bits per heavy atom. The van der Waals surface area contributed by atoms with E-state index < -0.39 is 0 Å². The Morgan fingerprint density at radius 1 is 0.786 bits per heavy atom. The maximum absolute atomic E-state index is 12.6. The first-order chi connectivity index (χ1) is 13.6. The third-order valence-electron chi connectivity index (χ3n) is 5.01. The number of carbonyl (C=O) groups excluding carboxylic acids is 1. The van der Waals surface area contributed by atoms with E-state index in [0.717, 1.165) is 42.4 Å². The minimum atomic E-state index is 0.176. The van der Waals surface area contributed by atoms with Crippen molar-refractivity contribution in [3.05, 3.63) is 53.6 Å². The lowest BCUT2D eigenvalue weighted by atomic mass is 10.2. The highest BCUT2D eigenvalue weighted by atomic mass is 16.5. The fraction of sp³-hybridized carbons (Fsp3) is 0.409. The van der Waals surface area contributed by atoms with Gasteiger partial charge in [-0.05, 0) is 35.4 Å². The van der Waals surface area contributed by atoms with E-state index in [1.165, 1.54) is 5.56 Å². The van der Waals surface area contributed by atoms with Crippen molar-refractivity contribution in [2.75, 3.05) is 41.0 Å². The van der Waals surface area contributed by atoms with Gasteiger partial charge in [0, 0.05) is 45.2 Å². The normalized spacial score (nSPS) is 15.2. The Balaban J connectivity index is 1.64. The van der Waals surface area contributed by atoms with Gasteiger partial charge in [0.05, 0.1) is 21.3 Å². The molecular weight excluding hydrogens is 356 g/mol. The second-order valence-corrected chi connectivity index (χ2v) is 6.91. The molecule has 28 heavy (non-hydrogen) atoms. The lowest BCUT2D eigenvalue weighted by molar-refractivity contribution is -0.130. The number of nitrogens with zero attached hydrogens (tertiary/aromatic N) is 2. The molecule has 150 valence electrons. The van der Waals surface area contributed by atoms with Crippen LogP contribution in [0.5, 0.6) is 17.2 Å². The van der Waals surface area contributed by atoms with Crippen molar-refractivity contribution in [3.63, 3.8) is 0 Å². The summed E-state index contributed by atoms with van der Waals surface area (Å²) in [5.74, 6) is 2.50. The summed E-state index contributed by atoms with van der Waals surface area (Å²) in [6.45, 7) is 3.66. The summed E-state index contributed by atoms with van der Waals surface area (Å²) in [4.78, 5) is 16.9. The lowest BCUT2D eigenvalue weighted by Crippen LogP contribution is -2.32. The van der Waals surface area contributed by atoms with Gasteiger partial charge in [0.2, 0.25) is 5.91 Å². The van der Waals surface area contributed by atoms with Gasteiger partial charge in [0.1, 0.15) is 17.2 Å². The molecule has 0 N–H and O–H groups in total. The first kappa shape index (κ1) is 20.0. The molecule has 3 rings (SSSR count). The summed E-state index contributed by atoms with van der Waals surface area (Å²) in [6, 6.07) is 13.8. The molecule has 6 nitrogen and oxygen atoms in total. The van der Waals surface area contributed by atoms with Crippen LogP contribution in [-0.2, 0) is 17.9 Å². The molecule has 0 saturated carbocycles. The van der Waals surface area contributed by atoms with Gasteiger partial charge < -0.3 is 19.1 Å². The second-order valence-electron chi connectivity index (χ2n) is 6.91. The van der Waals surface area contributed by atoms with Crippen molar-refractivity contribution < 1.29 is 19.0 Å². The van der Waals surface area contributed by atoms with Gasteiger partial charge in [-0.25, -0.2) is 0 Å². The second kappa shape index (κ2) is 9.46. The number of hydrogen-bond donors (Lipinski definition) is 0. The number of rotatable bonds is 7. The zero-order valence-corrected chi connectivity index (χ0v) is 16.8. The van der Waals surface area contributed by atoms with Crippen molar-refractivity contribution in [1.82, 2.24) is 9.80 Å². The third kappa shape index (κ3) is 5.16. The summed E-state index contributed by atoms with van der Waals surface area (Å²) >= 11 is 0. The Labute approximate surface area is 166 Å². The van der Waals surface area contributed by atoms with Gasteiger partial charge in [-0.3, -0.25) is 9.69 Å². The molecule has 0 aliphatic carbocycles. The molecule has 1 saturated heterocycles. The number of hydrogen-bond acceptors (Lipinski definition) is 5. The van der Waals surface area contributed by atoms with Crippen LogP contribution in [0.2, 0.25) is 0 Å². The predicted molar refractivity (Wildman–Crippen MR) is 108 cm³/mol. The SMILES string of the molecule is COc1cccc(CN2CCC(=O)N(Cc3cc(OC)cc(OC)c3)CC2)c1. The molecule has 1 aliphatic rings. The molecule has 0 unspecified atom stereocenters. The predicted octanol–water partition coefficient (Wildman–Crippen LogP) is 2.95. The van der Waals surface area contributed by atoms with Gasteiger partial charge >= 0.3 is 0 Å². The zero-order valence-electron chi connectivity index (χ0n) is 16.8. The van der Waals surface area contributed by atoms with Gasteiger partial charge in [0.15, 0.2) is 0 Å². The zero-order chi connectivity index (χ0) is 19.9. The standard InChI is InChI=1S/C22H28N2O4/c1-26-19-6-4-5-17(11-19)15-23-8-7-22(25)24(10-9-23)16-18-12-20(27-2)14-21(13-18)28-3/h4-6,11-14H,7-10,15-16H2,1-3H3. The minimum absolute atomic E-state index is 0.176. The first-order valence-electron chi connectivity index (χ1n) is 9.46. The van der Waals surface area contributed by atoms with Crippen molar-refractivity contribution in [3.8, 4) is 17.2 Å². The average Bonchev–Trinajstić information content (AvgIpc) is 2.89. The van der Waals surface area contributed by atoms with Gasteiger partial charge in [-0.1, -0.05) is 12.1 Å². The molecule has 1 aliphatic heterocycles. The number of ether oxygens (including phenoxy) is 3. The van der Waals surface area contributed by atoms with Crippen LogP contribution >= 0.6 is 0 Å². The maximum Gasteiger partial charge on any atom is 0.224 e. The van der Waals surface area contributed by atoms with E-state index in [1.807, 2.05) is 41.3 Å². The fourth-order valence-electron chi connectivity index (χ4n) is 3.44. The molecule has 1 fully saturated rings. The summed E-state index contributed by atoms with van der Waals surface area (Å²) in [5.41, 5.74) is 2.20. The smallest absolute Gasteiger partial charge is 0.224 e. The molecule has 2 aromatic rings. The van der Waals surface area contributed by atoms with Crippen LogP contribution in [0.4, 0.5) is 0 Å². The van der Waals surface area contributed by atoms with E-state index >= 15 is 0 Å². The number of amides is 1. The van der Waals surface area contributed by atoms with E-state index in [-0.39, 0.29) is 5.91 Å². The Morgan fingerprint density at radius 2 is 1.46 bits per heavy atom. The lowest BCUT2D eigenvalue weighted by Gasteiger charge is -2.23. The van der Waals surface area contributed by atoms with Crippen LogP contribution < -0.4 is 14.2 Å². The number of carbonyl (C=O) groups is 1. The van der Waals surface area contributed by atoms with Crippen LogP contribution in [0.15, 0.2) is 42.5 Å². The average molecular weight is 384 g/mol. The van der Waals surface area contributed by atoms with Crippen LogP contribution in [0.1, 0.15) is 17.5 Å². The largest absolute Gasteiger partial charge is 0.497 e. The molecule has 0 aromatic heterocycles. The summed E-state index contributed by atoms with van der Waals surface area (Å²) in [6.07, 6.45) is 0.519.